The fourth-order valence-corrected chi connectivity index (χ4v) is 4.85. The number of rotatable bonds is 4. The molecule has 0 fully saturated rings. The zero-order valence-electron chi connectivity index (χ0n) is 10.7. The molecule has 0 aliphatic rings. The topological polar surface area (TPSA) is 50.2 Å². The summed E-state index contributed by atoms with van der Waals surface area (Å²) in [4.78, 5) is 17.6. The lowest BCUT2D eigenvalue weighted by Crippen LogP contribution is -1.99. The van der Waals surface area contributed by atoms with E-state index in [9.17, 15) is 4.79 Å². The average molecular weight is 380 g/mol. The Morgan fingerprint density at radius 3 is 2.62 bits per heavy atom. The highest BCUT2D eigenvalue weighted by Gasteiger charge is 2.18. The molecule has 106 valence electrons. The third kappa shape index (κ3) is 3.07. The lowest BCUT2D eigenvalue weighted by molar-refractivity contribution is -0.136. The van der Waals surface area contributed by atoms with Crippen LogP contribution in [0.1, 0.15) is 4.88 Å². The summed E-state index contributed by atoms with van der Waals surface area (Å²) >= 11 is 6.54. The predicted molar refractivity (Wildman–Crippen MR) is 89.9 cm³/mol. The van der Waals surface area contributed by atoms with Crippen LogP contribution in [-0.4, -0.2) is 16.1 Å². The molecule has 1 aromatic carbocycles. The monoisotopic (exact) mass is 379 g/mol. The predicted octanol–water partition coefficient (Wildman–Crippen LogP) is 4.93. The Bertz CT molecular complexity index is 780. The minimum Gasteiger partial charge on any atom is -0.481 e. The summed E-state index contributed by atoms with van der Waals surface area (Å²) in [5.74, 6) is -0.840. The molecule has 3 rings (SSSR count). The third-order valence-electron chi connectivity index (χ3n) is 2.87. The van der Waals surface area contributed by atoms with Crippen molar-refractivity contribution < 1.29 is 9.90 Å². The van der Waals surface area contributed by atoms with E-state index in [1.54, 1.807) is 11.3 Å². The van der Waals surface area contributed by atoms with Crippen molar-refractivity contribution in [2.24, 2.45) is 0 Å². The van der Waals surface area contributed by atoms with E-state index in [1.165, 1.54) is 11.3 Å². The van der Waals surface area contributed by atoms with Gasteiger partial charge in [-0.15, -0.1) is 22.7 Å². The molecule has 0 saturated carbocycles. The molecule has 0 radical (unpaired) electrons. The number of benzene rings is 1. The van der Waals surface area contributed by atoms with E-state index in [4.69, 9.17) is 5.11 Å². The van der Waals surface area contributed by atoms with Gasteiger partial charge in [-0.05, 0) is 27.4 Å². The first-order valence-corrected chi connectivity index (χ1v) is 8.64. The summed E-state index contributed by atoms with van der Waals surface area (Å²) in [7, 11) is 0. The highest BCUT2D eigenvalue weighted by Crippen LogP contribution is 2.39. The lowest BCUT2D eigenvalue weighted by Gasteiger charge is -1.99. The van der Waals surface area contributed by atoms with Crippen LogP contribution in [0.2, 0.25) is 0 Å². The molecule has 0 aliphatic heterocycles. The summed E-state index contributed by atoms with van der Waals surface area (Å²) in [6, 6.07) is 11.7. The molecule has 3 aromatic rings. The number of hydrogen-bond donors (Lipinski definition) is 1. The van der Waals surface area contributed by atoms with E-state index in [0.29, 0.717) is 0 Å². The molecular weight excluding hydrogens is 370 g/mol. The highest BCUT2D eigenvalue weighted by atomic mass is 79.9. The molecule has 2 heterocycles. The minimum atomic E-state index is -0.840. The molecule has 0 amide bonds. The first-order valence-electron chi connectivity index (χ1n) is 6.15. The van der Waals surface area contributed by atoms with E-state index in [0.717, 1.165) is 30.5 Å². The zero-order chi connectivity index (χ0) is 14.8. The van der Waals surface area contributed by atoms with Gasteiger partial charge in [-0.25, -0.2) is 4.98 Å². The van der Waals surface area contributed by atoms with Crippen LogP contribution in [0.4, 0.5) is 0 Å². The Balaban J connectivity index is 2.12. The number of aromatic nitrogens is 1. The largest absolute Gasteiger partial charge is 0.481 e. The average Bonchev–Trinajstić information content (AvgIpc) is 3.05. The summed E-state index contributed by atoms with van der Waals surface area (Å²) in [5, 5.41) is 11.9. The number of carbonyl (C=O) groups is 1. The van der Waals surface area contributed by atoms with Gasteiger partial charge in [0.25, 0.3) is 0 Å². The Morgan fingerprint density at radius 2 is 2.00 bits per heavy atom. The summed E-state index contributed by atoms with van der Waals surface area (Å²) < 4.78 is 0.989. The van der Waals surface area contributed by atoms with E-state index in [-0.39, 0.29) is 6.42 Å². The van der Waals surface area contributed by atoms with Crippen LogP contribution in [0, 0.1) is 0 Å². The van der Waals surface area contributed by atoms with Crippen molar-refractivity contribution in [2.45, 2.75) is 6.42 Å². The van der Waals surface area contributed by atoms with Gasteiger partial charge in [0.1, 0.15) is 5.01 Å². The highest BCUT2D eigenvalue weighted by molar-refractivity contribution is 9.10. The van der Waals surface area contributed by atoms with Crippen LogP contribution in [0.5, 0.6) is 0 Å². The Labute approximate surface area is 138 Å². The number of nitrogens with zero attached hydrogens (tertiary/aromatic N) is 1. The van der Waals surface area contributed by atoms with Crippen molar-refractivity contribution in [2.75, 3.05) is 0 Å². The molecule has 21 heavy (non-hydrogen) atoms. The molecule has 0 atom stereocenters. The van der Waals surface area contributed by atoms with Gasteiger partial charge in [-0.2, -0.15) is 0 Å². The maximum Gasteiger partial charge on any atom is 0.308 e. The Morgan fingerprint density at radius 1 is 1.24 bits per heavy atom. The van der Waals surface area contributed by atoms with Crippen molar-refractivity contribution in [3.8, 4) is 21.1 Å². The second-order valence-corrected chi connectivity index (χ2v) is 7.18. The SMILES string of the molecule is O=C(O)Cc1sc(-c2sccc2Br)nc1-c1ccccc1. The van der Waals surface area contributed by atoms with Crippen LogP contribution < -0.4 is 0 Å². The van der Waals surface area contributed by atoms with Crippen molar-refractivity contribution in [1.29, 1.82) is 0 Å². The first-order chi connectivity index (χ1) is 10.1. The summed E-state index contributed by atoms with van der Waals surface area (Å²) in [6.45, 7) is 0. The number of carboxylic acid groups (broad SMARTS) is 1. The van der Waals surface area contributed by atoms with Crippen molar-refractivity contribution in [1.82, 2.24) is 4.98 Å². The molecule has 0 aliphatic carbocycles. The fraction of sp³-hybridized carbons (Fsp3) is 0.0667. The van der Waals surface area contributed by atoms with E-state index < -0.39 is 5.97 Å². The number of thiophene rings is 1. The molecule has 0 unspecified atom stereocenters. The molecule has 1 N–H and O–H groups in total. The molecule has 6 heteroatoms. The smallest absolute Gasteiger partial charge is 0.308 e. The lowest BCUT2D eigenvalue weighted by atomic mass is 10.1. The first kappa shape index (κ1) is 14.4. The van der Waals surface area contributed by atoms with Crippen LogP contribution >= 0.6 is 38.6 Å². The standard InChI is InChI=1S/C15H10BrNO2S2/c16-10-6-7-20-14(10)15-17-13(9-4-2-1-3-5-9)11(21-15)8-12(18)19/h1-7H,8H2,(H,18,19). The molecule has 0 spiro atoms. The molecule has 0 bridgehead atoms. The number of aliphatic carboxylic acids is 1. The third-order valence-corrected chi connectivity index (χ3v) is 5.91. The van der Waals surface area contributed by atoms with Gasteiger partial charge in [-0.1, -0.05) is 30.3 Å². The number of hydrogen-bond acceptors (Lipinski definition) is 4. The van der Waals surface area contributed by atoms with Crippen molar-refractivity contribution >= 4 is 44.6 Å². The van der Waals surface area contributed by atoms with Crippen LogP contribution in [0.15, 0.2) is 46.3 Å². The van der Waals surface area contributed by atoms with Gasteiger partial charge < -0.3 is 5.11 Å². The van der Waals surface area contributed by atoms with Crippen LogP contribution in [0.3, 0.4) is 0 Å². The maximum atomic E-state index is 11.1. The van der Waals surface area contributed by atoms with Crippen LogP contribution in [-0.2, 0) is 11.2 Å². The molecule has 0 saturated heterocycles. The van der Waals surface area contributed by atoms with Gasteiger partial charge in [0.2, 0.25) is 0 Å². The van der Waals surface area contributed by atoms with E-state index >= 15 is 0 Å². The van der Waals surface area contributed by atoms with Crippen molar-refractivity contribution in [3.05, 3.63) is 51.1 Å². The molecule has 3 nitrogen and oxygen atoms in total. The molecular formula is C15H10BrNO2S2. The second kappa shape index (κ2) is 6.09. The van der Waals surface area contributed by atoms with Gasteiger partial charge >= 0.3 is 5.97 Å². The van der Waals surface area contributed by atoms with Gasteiger partial charge in [-0.3, -0.25) is 4.79 Å². The van der Waals surface area contributed by atoms with Crippen molar-refractivity contribution in [3.63, 3.8) is 0 Å². The summed E-state index contributed by atoms with van der Waals surface area (Å²) in [6.07, 6.45) is -0.00904. The number of halogens is 1. The van der Waals surface area contributed by atoms with E-state index in [1.807, 2.05) is 41.8 Å². The molecule has 2 aromatic heterocycles. The summed E-state index contributed by atoms with van der Waals surface area (Å²) in [5.41, 5.74) is 1.71. The quantitative estimate of drug-likeness (QED) is 0.698. The van der Waals surface area contributed by atoms with Crippen LogP contribution in [0.25, 0.3) is 21.1 Å². The fourth-order valence-electron chi connectivity index (χ4n) is 1.97. The second-order valence-electron chi connectivity index (χ2n) is 4.33. The van der Waals surface area contributed by atoms with Gasteiger partial charge in [0.05, 0.1) is 17.0 Å². The Kier molecular flexibility index (Phi) is 4.19. The number of thiazole rings is 1. The maximum absolute atomic E-state index is 11.1. The number of carboxylic acids is 1. The van der Waals surface area contributed by atoms with Gasteiger partial charge in [0.15, 0.2) is 0 Å². The minimum absolute atomic E-state index is 0.00904. The Hall–Kier alpha value is -1.50. The zero-order valence-corrected chi connectivity index (χ0v) is 14.0. The van der Waals surface area contributed by atoms with E-state index in [2.05, 4.69) is 20.9 Å². The normalized spacial score (nSPS) is 10.7. The van der Waals surface area contributed by atoms with Gasteiger partial charge in [0, 0.05) is 14.9 Å².